The van der Waals surface area contributed by atoms with Gasteiger partial charge in [0.15, 0.2) is 5.03 Å². The third-order valence-electron chi connectivity index (χ3n) is 10.6. The average molecular weight is 789 g/mol. The van der Waals surface area contributed by atoms with Crippen LogP contribution in [-0.4, -0.2) is 82.9 Å². The van der Waals surface area contributed by atoms with Crippen LogP contribution in [0.2, 0.25) is 0 Å². The van der Waals surface area contributed by atoms with Crippen LogP contribution in [0.4, 0.5) is 0 Å². The lowest BCUT2D eigenvalue weighted by Gasteiger charge is -2.27. The number of benzene rings is 2. The Kier molecular flexibility index (Phi) is 17.6. The van der Waals surface area contributed by atoms with Crippen molar-refractivity contribution in [2.45, 2.75) is 109 Å². The Balaban J connectivity index is 1.35. The van der Waals surface area contributed by atoms with E-state index in [0.29, 0.717) is 30.5 Å². The predicted molar refractivity (Wildman–Crippen MR) is 213 cm³/mol. The number of nitrogens with zero attached hydrogens (tertiary/aromatic N) is 3. The normalized spacial score (nSPS) is 15.7. The Morgan fingerprint density at radius 2 is 1.42 bits per heavy atom. The van der Waals surface area contributed by atoms with Crippen LogP contribution < -0.4 is 27.1 Å². The molecule has 0 spiro atoms. The number of ketones is 1. The fourth-order valence-electron chi connectivity index (χ4n) is 7.63. The van der Waals surface area contributed by atoms with Crippen molar-refractivity contribution in [3.05, 3.63) is 81.4 Å². The molecule has 1 aliphatic carbocycles. The lowest BCUT2D eigenvalue weighted by atomic mass is 9.85. The zero-order chi connectivity index (χ0) is 41.2. The van der Waals surface area contributed by atoms with Gasteiger partial charge in [-0.15, -0.1) is 0 Å². The summed E-state index contributed by atoms with van der Waals surface area (Å²) in [6.45, 7) is 2.32. The molecular formula is C41H56N8O8. The quantitative estimate of drug-likeness (QED) is 0.0197. The first kappa shape index (κ1) is 44.0. The lowest BCUT2D eigenvalue weighted by molar-refractivity contribution is -0.525. The van der Waals surface area contributed by atoms with Crippen LogP contribution >= 0.6 is 0 Å². The SMILES string of the molecule is CCNC(=O)C(=O)[C@H](Cc1ccccc1)NC(=O)[C@H](CCCN=C(N)N[N+](=O)[O-])NC(=O)[C@@H](CCCCCCCCN1C(=O)c2ccccc2C1=O)C1CCCC1. The molecule has 308 valence electrons. The molecular weight excluding hydrogens is 732 g/mol. The Labute approximate surface area is 333 Å². The molecule has 16 nitrogen and oxygen atoms in total. The molecule has 4 rings (SSSR count). The number of aliphatic imine (C=N–C) groups is 1. The fraction of sp³-hybridized carbons (Fsp3) is 0.537. The highest BCUT2D eigenvalue weighted by Gasteiger charge is 2.36. The molecule has 0 aromatic heterocycles. The molecule has 0 saturated heterocycles. The maximum atomic E-state index is 14.1. The molecule has 1 fully saturated rings. The number of nitrogens with one attached hydrogen (secondary N) is 4. The number of carbonyl (C=O) groups is 6. The van der Waals surface area contributed by atoms with Crippen LogP contribution in [0.25, 0.3) is 0 Å². The molecule has 0 radical (unpaired) electrons. The van der Waals surface area contributed by atoms with Gasteiger partial charge in [0.1, 0.15) is 12.1 Å². The van der Waals surface area contributed by atoms with Gasteiger partial charge in [-0.25, -0.2) is 15.1 Å². The summed E-state index contributed by atoms with van der Waals surface area (Å²) < 4.78 is 0. The molecule has 2 aromatic carbocycles. The second-order valence-electron chi connectivity index (χ2n) is 14.7. The monoisotopic (exact) mass is 788 g/mol. The number of hydrazine groups is 1. The van der Waals surface area contributed by atoms with Gasteiger partial charge < -0.3 is 21.7 Å². The number of fused-ring (bicyclic) bond motifs is 1. The predicted octanol–water partition coefficient (Wildman–Crippen LogP) is 3.61. The molecule has 1 saturated carbocycles. The number of carbonyl (C=O) groups excluding carboxylic acids is 6. The molecule has 2 aromatic rings. The van der Waals surface area contributed by atoms with Crippen LogP contribution in [-0.2, 0) is 25.6 Å². The van der Waals surface area contributed by atoms with E-state index < -0.39 is 40.7 Å². The maximum absolute atomic E-state index is 14.1. The highest BCUT2D eigenvalue weighted by molar-refractivity contribution is 6.38. The van der Waals surface area contributed by atoms with E-state index in [-0.39, 0.29) is 61.9 Å². The van der Waals surface area contributed by atoms with Crippen molar-refractivity contribution in [2.24, 2.45) is 22.6 Å². The van der Waals surface area contributed by atoms with Crippen molar-refractivity contribution in [3.63, 3.8) is 0 Å². The number of nitro groups is 1. The van der Waals surface area contributed by atoms with Crippen molar-refractivity contribution in [2.75, 3.05) is 19.6 Å². The number of unbranched alkanes of at least 4 members (excludes halogenated alkanes) is 5. The molecule has 1 aliphatic heterocycles. The lowest BCUT2D eigenvalue weighted by Crippen LogP contribution is -2.55. The van der Waals surface area contributed by atoms with E-state index in [1.165, 1.54) is 4.90 Å². The van der Waals surface area contributed by atoms with Gasteiger partial charge in [-0.05, 0) is 69.1 Å². The van der Waals surface area contributed by atoms with Crippen molar-refractivity contribution < 1.29 is 33.8 Å². The summed E-state index contributed by atoms with van der Waals surface area (Å²) in [6, 6.07) is 13.6. The number of rotatable bonds is 24. The Hall–Kier alpha value is -5.67. The van der Waals surface area contributed by atoms with Crippen LogP contribution in [0.5, 0.6) is 0 Å². The Bertz CT molecular complexity index is 1710. The van der Waals surface area contributed by atoms with Crippen molar-refractivity contribution in [1.82, 2.24) is 26.3 Å². The van der Waals surface area contributed by atoms with Crippen molar-refractivity contribution in [3.8, 4) is 0 Å². The van der Waals surface area contributed by atoms with Gasteiger partial charge in [0.25, 0.3) is 23.7 Å². The standard InChI is InChI=1S/C41H56N8O8/c1-2-43-38(53)35(50)34(27-28-17-8-7-9-18-28)46-37(52)33(24-16-25-44-41(42)47-49(56)57)45-36(51)30(29-19-11-12-20-29)21-10-5-3-4-6-15-26-48-39(54)31-22-13-14-23-32(31)40(48)55/h7-9,13-14,17-18,22-23,29-30,33-34H,2-6,10-12,15-16,19-21,24-27H2,1H3,(H,43,53)(H,45,51)(H,46,52)(H3,42,44,47)/t30-,33-,34-/m0/s1. The van der Waals surface area contributed by atoms with Gasteiger partial charge in [0.05, 0.1) is 11.1 Å². The second-order valence-corrected chi connectivity index (χ2v) is 14.7. The molecule has 2 aliphatic rings. The molecule has 6 N–H and O–H groups in total. The van der Waals surface area contributed by atoms with E-state index in [0.717, 1.165) is 63.4 Å². The Morgan fingerprint density at radius 3 is 2.05 bits per heavy atom. The number of imide groups is 1. The zero-order valence-electron chi connectivity index (χ0n) is 32.7. The van der Waals surface area contributed by atoms with Gasteiger partial charge in [-0.1, -0.05) is 92.8 Å². The van der Waals surface area contributed by atoms with Crippen LogP contribution in [0.15, 0.2) is 59.6 Å². The van der Waals surface area contributed by atoms with E-state index in [2.05, 4.69) is 20.9 Å². The molecule has 57 heavy (non-hydrogen) atoms. The van der Waals surface area contributed by atoms with E-state index in [1.54, 1.807) is 60.9 Å². The number of Topliss-reactive ketones (excluding diaryl/α,β-unsaturated/α-hetero) is 1. The summed E-state index contributed by atoms with van der Waals surface area (Å²) in [4.78, 5) is 95.1. The first-order valence-electron chi connectivity index (χ1n) is 20.1. The molecule has 3 atom stereocenters. The highest BCUT2D eigenvalue weighted by Crippen LogP contribution is 2.34. The molecule has 5 amide bonds. The minimum atomic E-state index is -1.19. The topological polar surface area (TPSA) is 235 Å². The van der Waals surface area contributed by atoms with E-state index in [9.17, 15) is 38.9 Å². The summed E-state index contributed by atoms with van der Waals surface area (Å²) in [6.07, 6.45) is 10.0. The third-order valence-corrected chi connectivity index (χ3v) is 10.6. The van der Waals surface area contributed by atoms with Crippen LogP contribution in [0.1, 0.15) is 117 Å². The first-order chi connectivity index (χ1) is 27.5. The number of nitrogens with two attached hydrogens (primary N) is 1. The summed E-state index contributed by atoms with van der Waals surface area (Å²) in [5, 5.41) is 18.1. The molecule has 16 heteroatoms. The van der Waals surface area contributed by atoms with E-state index in [4.69, 9.17) is 5.73 Å². The van der Waals surface area contributed by atoms with Gasteiger partial charge in [0.2, 0.25) is 17.6 Å². The highest BCUT2D eigenvalue weighted by atomic mass is 16.7. The minimum absolute atomic E-state index is 0.0297. The van der Waals surface area contributed by atoms with Gasteiger partial charge in [-0.3, -0.25) is 33.7 Å². The molecule has 0 unspecified atom stereocenters. The minimum Gasteiger partial charge on any atom is -0.365 e. The Morgan fingerprint density at radius 1 is 0.825 bits per heavy atom. The largest absolute Gasteiger partial charge is 0.365 e. The van der Waals surface area contributed by atoms with Gasteiger partial charge >= 0.3 is 0 Å². The number of likely N-dealkylation sites (N-methyl/N-ethyl adjacent to an activating group) is 1. The number of hydrogen-bond donors (Lipinski definition) is 5. The van der Waals surface area contributed by atoms with Crippen molar-refractivity contribution >= 4 is 41.3 Å². The number of guanidine groups is 1. The smallest absolute Gasteiger partial charge is 0.289 e. The summed E-state index contributed by atoms with van der Waals surface area (Å²) >= 11 is 0. The first-order valence-corrected chi connectivity index (χ1v) is 20.1. The van der Waals surface area contributed by atoms with Gasteiger partial charge in [-0.2, -0.15) is 0 Å². The maximum Gasteiger partial charge on any atom is 0.289 e. The summed E-state index contributed by atoms with van der Waals surface area (Å²) in [7, 11) is 0. The second kappa shape index (κ2) is 22.8. The molecule has 1 heterocycles. The van der Waals surface area contributed by atoms with Crippen LogP contribution in [0, 0.1) is 22.0 Å². The van der Waals surface area contributed by atoms with E-state index >= 15 is 0 Å². The molecule has 0 bridgehead atoms. The number of hydrogen-bond acceptors (Lipinski definition) is 9. The van der Waals surface area contributed by atoms with Crippen molar-refractivity contribution in [1.29, 1.82) is 0 Å². The van der Waals surface area contributed by atoms with Crippen LogP contribution in [0.3, 0.4) is 0 Å². The zero-order valence-corrected chi connectivity index (χ0v) is 32.7. The van der Waals surface area contributed by atoms with E-state index in [1.807, 2.05) is 6.07 Å². The third kappa shape index (κ3) is 13.5. The fourth-order valence-corrected chi connectivity index (χ4v) is 7.63. The summed E-state index contributed by atoms with van der Waals surface area (Å²) in [5.74, 6) is -3.57. The number of amides is 5. The summed E-state index contributed by atoms with van der Waals surface area (Å²) in [5.41, 5.74) is 8.97. The van der Waals surface area contributed by atoms with Gasteiger partial charge in [0, 0.05) is 32.0 Å². The average Bonchev–Trinajstić information content (AvgIpc) is 3.81.